The fraction of sp³-hybridized carbons (Fsp3) is 0.480. The molecular weight excluding hydrogens is 358 g/mol. The minimum atomic E-state index is 0.193. The van der Waals surface area contributed by atoms with E-state index in [4.69, 9.17) is 0 Å². The van der Waals surface area contributed by atoms with Gasteiger partial charge in [-0.05, 0) is 55.8 Å². The Bertz CT molecular complexity index is 756. The highest BCUT2D eigenvalue weighted by molar-refractivity contribution is 5.78. The van der Waals surface area contributed by atoms with Gasteiger partial charge >= 0.3 is 0 Å². The van der Waals surface area contributed by atoms with Crippen molar-refractivity contribution in [1.29, 1.82) is 0 Å². The lowest BCUT2D eigenvalue weighted by Gasteiger charge is -2.31. The molecule has 0 aromatic heterocycles. The molecule has 0 spiro atoms. The summed E-state index contributed by atoms with van der Waals surface area (Å²) in [7, 11) is 0. The molecule has 1 amide bonds. The van der Waals surface area contributed by atoms with Crippen LogP contribution in [0, 0.1) is 5.92 Å². The van der Waals surface area contributed by atoms with Crippen molar-refractivity contribution >= 4 is 5.91 Å². The topological polar surface area (TPSA) is 35.6 Å². The molecule has 1 N–H and O–H groups in total. The van der Waals surface area contributed by atoms with Crippen LogP contribution in [0.5, 0.6) is 0 Å². The van der Waals surface area contributed by atoms with Gasteiger partial charge in [0.15, 0.2) is 0 Å². The number of hydrogen-bond donors (Lipinski definition) is 1. The summed E-state index contributed by atoms with van der Waals surface area (Å²) in [6, 6.07) is 21.7. The Morgan fingerprint density at radius 2 is 1.45 bits per heavy atom. The van der Waals surface area contributed by atoms with Crippen molar-refractivity contribution in [3.05, 3.63) is 71.8 Å². The smallest absolute Gasteiger partial charge is 0.234 e. The molecule has 0 bridgehead atoms. The van der Waals surface area contributed by atoms with Gasteiger partial charge in [-0.25, -0.2) is 0 Å². The van der Waals surface area contributed by atoms with E-state index < -0.39 is 0 Å². The second kappa shape index (κ2) is 10.0. The van der Waals surface area contributed by atoms with E-state index in [9.17, 15) is 4.79 Å². The Morgan fingerprint density at radius 3 is 2.14 bits per heavy atom. The molecule has 2 aromatic rings. The van der Waals surface area contributed by atoms with Crippen molar-refractivity contribution in [1.82, 2.24) is 15.1 Å². The third-order valence-electron chi connectivity index (χ3n) is 6.33. The normalized spacial score (nSPS) is 21.3. The van der Waals surface area contributed by atoms with E-state index in [1.165, 1.54) is 30.4 Å². The van der Waals surface area contributed by atoms with E-state index in [1.54, 1.807) is 0 Å². The van der Waals surface area contributed by atoms with E-state index in [0.29, 0.717) is 12.6 Å². The van der Waals surface area contributed by atoms with Gasteiger partial charge in [-0.3, -0.25) is 14.6 Å². The summed E-state index contributed by atoms with van der Waals surface area (Å²) in [6.45, 7) is 5.62. The Balaban J connectivity index is 1.14. The van der Waals surface area contributed by atoms with Crippen LogP contribution in [0.3, 0.4) is 0 Å². The summed E-state index contributed by atoms with van der Waals surface area (Å²) in [6.07, 6.45) is 4.60. The van der Waals surface area contributed by atoms with E-state index in [-0.39, 0.29) is 5.91 Å². The number of carbonyl (C=O) groups excluding carboxylic acids is 1. The molecule has 0 aliphatic carbocycles. The molecule has 2 heterocycles. The van der Waals surface area contributed by atoms with Gasteiger partial charge in [0.2, 0.25) is 5.91 Å². The predicted molar refractivity (Wildman–Crippen MR) is 118 cm³/mol. The molecule has 2 aliphatic rings. The van der Waals surface area contributed by atoms with Crippen molar-refractivity contribution in [2.75, 3.05) is 32.7 Å². The Morgan fingerprint density at radius 1 is 0.828 bits per heavy atom. The highest BCUT2D eigenvalue weighted by Gasteiger charge is 2.25. The number of benzene rings is 2. The first-order chi connectivity index (χ1) is 14.2. The number of nitrogens with zero attached hydrogens (tertiary/aromatic N) is 2. The van der Waals surface area contributed by atoms with Crippen molar-refractivity contribution in [3.8, 4) is 0 Å². The standard InChI is InChI=1S/C25H33N3O/c29-25(26-24-13-16-28(19-24)18-23-9-5-2-6-10-23)20-27-14-11-22(12-15-27)17-21-7-3-1-4-8-21/h1-10,22,24H,11-20H2,(H,26,29)/t24-/m1/s1. The Labute approximate surface area is 174 Å². The first kappa shape index (κ1) is 20.1. The molecule has 2 aliphatic heterocycles. The maximum atomic E-state index is 12.5. The largest absolute Gasteiger partial charge is 0.351 e. The number of amides is 1. The SMILES string of the molecule is O=C(CN1CCC(Cc2ccccc2)CC1)N[C@@H]1CCN(Cc2ccccc2)C1. The fourth-order valence-corrected chi connectivity index (χ4v) is 4.71. The van der Waals surface area contributed by atoms with Crippen LogP contribution in [0.2, 0.25) is 0 Å². The molecule has 0 unspecified atom stereocenters. The van der Waals surface area contributed by atoms with Crippen molar-refractivity contribution in [2.24, 2.45) is 5.92 Å². The van der Waals surface area contributed by atoms with Gasteiger partial charge in [0.25, 0.3) is 0 Å². The summed E-state index contributed by atoms with van der Waals surface area (Å²) in [5, 5.41) is 3.27. The summed E-state index contributed by atoms with van der Waals surface area (Å²) in [4.78, 5) is 17.3. The molecule has 154 valence electrons. The minimum absolute atomic E-state index is 0.193. The summed E-state index contributed by atoms with van der Waals surface area (Å²) < 4.78 is 0. The number of piperidine rings is 1. The lowest BCUT2D eigenvalue weighted by atomic mass is 9.90. The number of likely N-dealkylation sites (tertiary alicyclic amines) is 2. The number of hydrogen-bond acceptors (Lipinski definition) is 3. The number of nitrogens with one attached hydrogen (secondary N) is 1. The highest BCUT2D eigenvalue weighted by Crippen LogP contribution is 2.21. The van der Waals surface area contributed by atoms with Crippen LogP contribution >= 0.6 is 0 Å². The average Bonchev–Trinajstić information content (AvgIpc) is 3.17. The lowest BCUT2D eigenvalue weighted by Crippen LogP contribution is -2.45. The first-order valence-electron chi connectivity index (χ1n) is 11.1. The summed E-state index contributed by atoms with van der Waals surface area (Å²) >= 11 is 0. The van der Waals surface area contributed by atoms with Crippen LogP contribution in [-0.4, -0.2) is 54.5 Å². The maximum absolute atomic E-state index is 12.5. The third-order valence-corrected chi connectivity index (χ3v) is 6.33. The van der Waals surface area contributed by atoms with E-state index in [1.807, 2.05) is 0 Å². The Kier molecular flexibility index (Phi) is 6.96. The molecule has 0 radical (unpaired) electrons. The van der Waals surface area contributed by atoms with Gasteiger partial charge in [0.05, 0.1) is 6.54 Å². The molecule has 4 nitrogen and oxygen atoms in total. The monoisotopic (exact) mass is 391 g/mol. The third kappa shape index (κ3) is 6.15. The molecule has 4 rings (SSSR count). The molecular formula is C25H33N3O. The second-order valence-electron chi connectivity index (χ2n) is 8.68. The van der Waals surface area contributed by atoms with E-state index in [2.05, 4.69) is 75.8 Å². The summed E-state index contributed by atoms with van der Waals surface area (Å²) in [5.74, 6) is 0.941. The lowest BCUT2D eigenvalue weighted by molar-refractivity contribution is -0.123. The fourth-order valence-electron chi connectivity index (χ4n) is 4.71. The van der Waals surface area contributed by atoms with E-state index in [0.717, 1.165) is 45.1 Å². The molecule has 2 saturated heterocycles. The number of rotatable bonds is 7. The van der Waals surface area contributed by atoms with Crippen molar-refractivity contribution in [2.45, 2.75) is 38.3 Å². The van der Waals surface area contributed by atoms with Gasteiger partial charge in [-0.15, -0.1) is 0 Å². The molecule has 29 heavy (non-hydrogen) atoms. The average molecular weight is 392 g/mol. The summed E-state index contributed by atoms with van der Waals surface area (Å²) in [5.41, 5.74) is 2.78. The van der Waals surface area contributed by atoms with Gasteiger partial charge in [0.1, 0.15) is 0 Å². The van der Waals surface area contributed by atoms with Gasteiger partial charge in [-0.1, -0.05) is 60.7 Å². The highest BCUT2D eigenvalue weighted by atomic mass is 16.2. The zero-order chi connectivity index (χ0) is 19.9. The molecule has 2 fully saturated rings. The zero-order valence-electron chi connectivity index (χ0n) is 17.3. The van der Waals surface area contributed by atoms with Crippen LogP contribution < -0.4 is 5.32 Å². The second-order valence-corrected chi connectivity index (χ2v) is 8.68. The van der Waals surface area contributed by atoms with Gasteiger partial charge in [-0.2, -0.15) is 0 Å². The quantitative estimate of drug-likeness (QED) is 0.786. The van der Waals surface area contributed by atoms with Crippen LogP contribution in [0.25, 0.3) is 0 Å². The van der Waals surface area contributed by atoms with Crippen LogP contribution in [0.4, 0.5) is 0 Å². The van der Waals surface area contributed by atoms with Crippen LogP contribution in [0.1, 0.15) is 30.4 Å². The first-order valence-corrected chi connectivity index (χ1v) is 11.1. The molecule has 4 heteroatoms. The molecule has 2 aromatic carbocycles. The van der Waals surface area contributed by atoms with E-state index >= 15 is 0 Å². The predicted octanol–water partition coefficient (Wildman–Crippen LogP) is 3.33. The van der Waals surface area contributed by atoms with Gasteiger partial charge < -0.3 is 5.32 Å². The van der Waals surface area contributed by atoms with Crippen LogP contribution in [0.15, 0.2) is 60.7 Å². The van der Waals surface area contributed by atoms with Crippen molar-refractivity contribution in [3.63, 3.8) is 0 Å². The van der Waals surface area contributed by atoms with Crippen molar-refractivity contribution < 1.29 is 4.79 Å². The number of carbonyl (C=O) groups is 1. The minimum Gasteiger partial charge on any atom is -0.351 e. The van der Waals surface area contributed by atoms with Gasteiger partial charge in [0, 0.05) is 25.7 Å². The molecule has 0 saturated carbocycles. The maximum Gasteiger partial charge on any atom is 0.234 e. The molecule has 1 atom stereocenters. The van der Waals surface area contributed by atoms with Crippen LogP contribution in [-0.2, 0) is 17.8 Å². The zero-order valence-corrected chi connectivity index (χ0v) is 17.3. The Hall–Kier alpha value is -2.17.